The molecule has 4 unspecified atom stereocenters. The van der Waals surface area contributed by atoms with Gasteiger partial charge in [-0.2, -0.15) is 0 Å². The number of rotatable bonds is 3. The fourth-order valence-corrected chi connectivity index (χ4v) is 1.74. The average molecular weight is 218 g/mol. The highest BCUT2D eigenvalue weighted by atomic mass is 16.5. The molecular formula is C9H18N2O4. The topological polar surface area (TPSA) is 90.8 Å². The molecular weight excluding hydrogens is 200 g/mol. The normalized spacial score (nSPS) is 36.3. The third kappa shape index (κ3) is 3.13. The Labute approximate surface area is 88.6 Å². The van der Waals surface area contributed by atoms with Crippen LogP contribution in [0.4, 0.5) is 0 Å². The molecule has 0 spiro atoms. The lowest BCUT2D eigenvalue weighted by atomic mass is 9.99. The van der Waals surface area contributed by atoms with Crippen LogP contribution in [0.1, 0.15) is 13.3 Å². The van der Waals surface area contributed by atoms with E-state index in [4.69, 9.17) is 9.84 Å². The summed E-state index contributed by atoms with van der Waals surface area (Å²) in [6, 6.07) is -0.477. The van der Waals surface area contributed by atoms with Gasteiger partial charge >= 0.3 is 0 Å². The van der Waals surface area contributed by atoms with Crippen LogP contribution < -0.4 is 10.6 Å². The molecule has 88 valence electrons. The number of aliphatic hydroxyl groups is 2. The monoisotopic (exact) mass is 218 g/mol. The van der Waals surface area contributed by atoms with Crippen LogP contribution in [0.3, 0.4) is 0 Å². The Morgan fingerprint density at radius 2 is 2.27 bits per heavy atom. The van der Waals surface area contributed by atoms with Gasteiger partial charge in [0.15, 0.2) is 0 Å². The van der Waals surface area contributed by atoms with Crippen molar-refractivity contribution in [2.45, 2.75) is 37.8 Å². The molecule has 1 fully saturated rings. The van der Waals surface area contributed by atoms with Crippen molar-refractivity contribution in [1.82, 2.24) is 10.6 Å². The van der Waals surface area contributed by atoms with E-state index in [9.17, 15) is 9.90 Å². The van der Waals surface area contributed by atoms with E-state index in [0.29, 0.717) is 6.42 Å². The summed E-state index contributed by atoms with van der Waals surface area (Å²) in [5.74, 6) is -0.217. The fourth-order valence-electron chi connectivity index (χ4n) is 1.74. The fraction of sp³-hybridized carbons (Fsp3) is 0.889. The number of amides is 1. The Balaban J connectivity index is 2.64. The van der Waals surface area contributed by atoms with Gasteiger partial charge in [0, 0.05) is 13.3 Å². The van der Waals surface area contributed by atoms with Crippen LogP contribution in [0.5, 0.6) is 0 Å². The lowest BCUT2D eigenvalue weighted by Crippen LogP contribution is -2.61. The predicted octanol–water partition coefficient (Wildman–Crippen LogP) is -1.82. The summed E-state index contributed by atoms with van der Waals surface area (Å²) in [4.78, 5) is 10.9. The van der Waals surface area contributed by atoms with Crippen LogP contribution in [-0.4, -0.2) is 54.3 Å². The van der Waals surface area contributed by atoms with Crippen molar-refractivity contribution in [3.05, 3.63) is 0 Å². The van der Waals surface area contributed by atoms with Gasteiger partial charge in [0.2, 0.25) is 5.91 Å². The van der Waals surface area contributed by atoms with Crippen molar-refractivity contribution >= 4 is 5.91 Å². The molecule has 1 rings (SSSR count). The van der Waals surface area contributed by atoms with Crippen LogP contribution in [0, 0.1) is 0 Å². The summed E-state index contributed by atoms with van der Waals surface area (Å²) >= 11 is 0. The summed E-state index contributed by atoms with van der Waals surface area (Å²) in [6.07, 6.45) is -1.26. The number of likely N-dealkylation sites (N-methyl/N-ethyl adjacent to an activating group) is 1. The highest BCUT2D eigenvalue weighted by Crippen LogP contribution is 2.18. The molecule has 0 saturated carbocycles. The molecule has 1 amide bonds. The van der Waals surface area contributed by atoms with E-state index >= 15 is 0 Å². The Kier molecular flexibility index (Phi) is 4.46. The van der Waals surface area contributed by atoms with Gasteiger partial charge in [-0.05, 0) is 7.05 Å². The van der Waals surface area contributed by atoms with Gasteiger partial charge in [-0.15, -0.1) is 0 Å². The molecule has 0 aromatic rings. The first-order chi connectivity index (χ1) is 7.08. The van der Waals surface area contributed by atoms with E-state index in [0.717, 1.165) is 0 Å². The van der Waals surface area contributed by atoms with Crippen LogP contribution in [-0.2, 0) is 9.53 Å². The van der Waals surface area contributed by atoms with Crippen molar-refractivity contribution in [1.29, 1.82) is 0 Å². The van der Waals surface area contributed by atoms with Gasteiger partial charge in [-0.1, -0.05) is 0 Å². The second kappa shape index (κ2) is 5.41. The van der Waals surface area contributed by atoms with E-state index < -0.39 is 18.4 Å². The molecule has 6 heteroatoms. The number of nitrogens with one attached hydrogen (secondary N) is 2. The molecule has 0 aromatic heterocycles. The second-order valence-corrected chi connectivity index (χ2v) is 3.68. The first kappa shape index (κ1) is 12.4. The first-order valence-electron chi connectivity index (χ1n) is 4.97. The van der Waals surface area contributed by atoms with Gasteiger partial charge in [-0.25, -0.2) is 0 Å². The number of ether oxygens (including phenoxy) is 1. The highest BCUT2D eigenvalue weighted by Gasteiger charge is 2.37. The largest absolute Gasteiger partial charge is 0.394 e. The van der Waals surface area contributed by atoms with Crippen molar-refractivity contribution in [3.8, 4) is 0 Å². The van der Waals surface area contributed by atoms with Crippen LogP contribution >= 0.6 is 0 Å². The quantitative estimate of drug-likeness (QED) is 0.448. The minimum Gasteiger partial charge on any atom is -0.394 e. The maximum atomic E-state index is 10.9. The van der Waals surface area contributed by atoms with Crippen LogP contribution in [0.15, 0.2) is 0 Å². The van der Waals surface area contributed by atoms with E-state index in [2.05, 4.69) is 10.6 Å². The van der Waals surface area contributed by atoms with Crippen LogP contribution in [0.2, 0.25) is 0 Å². The molecule has 0 aromatic carbocycles. The number of carbonyl (C=O) groups is 1. The Morgan fingerprint density at radius 3 is 2.73 bits per heavy atom. The third-order valence-corrected chi connectivity index (χ3v) is 2.44. The van der Waals surface area contributed by atoms with E-state index in [1.807, 2.05) is 0 Å². The van der Waals surface area contributed by atoms with Crippen molar-refractivity contribution in [2.75, 3.05) is 13.7 Å². The lowest BCUT2D eigenvalue weighted by molar-refractivity contribution is -0.148. The van der Waals surface area contributed by atoms with E-state index in [-0.39, 0.29) is 18.6 Å². The Morgan fingerprint density at radius 1 is 1.60 bits per heavy atom. The highest BCUT2D eigenvalue weighted by molar-refractivity contribution is 5.73. The zero-order chi connectivity index (χ0) is 11.4. The van der Waals surface area contributed by atoms with E-state index in [1.54, 1.807) is 7.05 Å². The minimum absolute atomic E-state index is 0.137. The summed E-state index contributed by atoms with van der Waals surface area (Å²) in [6.45, 7) is 1.25. The molecule has 4 N–H and O–H groups in total. The zero-order valence-electron chi connectivity index (χ0n) is 8.93. The molecule has 15 heavy (non-hydrogen) atoms. The standard InChI is InChI=1S/C9H18N2O4/c1-5(13)11-8-7(14)3-6(4-12)15-9(8)10-2/h6-10,12,14H,3-4H2,1-2H3,(H,11,13). The Bertz CT molecular complexity index is 224. The number of aliphatic hydroxyl groups excluding tert-OH is 2. The van der Waals surface area contributed by atoms with Crippen LogP contribution in [0.25, 0.3) is 0 Å². The minimum atomic E-state index is -0.711. The number of carbonyl (C=O) groups excluding carboxylic acids is 1. The van der Waals surface area contributed by atoms with E-state index in [1.165, 1.54) is 6.92 Å². The zero-order valence-corrected chi connectivity index (χ0v) is 8.93. The van der Waals surface area contributed by atoms with Gasteiger partial charge in [0.05, 0.1) is 24.9 Å². The second-order valence-electron chi connectivity index (χ2n) is 3.68. The van der Waals surface area contributed by atoms with Crippen molar-refractivity contribution in [2.24, 2.45) is 0 Å². The molecule has 1 aliphatic rings. The van der Waals surface area contributed by atoms with Gasteiger partial charge in [0.25, 0.3) is 0 Å². The smallest absolute Gasteiger partial charge is 0.217 e. The SMILES string of the molecule is CNC1OC(CO)CC(O)C1NC(C)=O. The molecule has 6 nitrogen and oxygen atoms in total. The molecule has 1 heterocycles. The molecule has 0 radical (unpaired) electrons. The lowest BCUT2D eigenvalue weighted by Gasteiger charge is -2.39. The Hall–Kier alpha value is -0.690. The van der Waals surface area contributed by atoms with Gasteiger partial charge < -0.3 is 20.3 Å². The van der Waals surface area contributed by atoms with Crippen molar-refractivity contribution < 1.29 is 19.7 Å². The average Bonchev–Trinajstić information content (AvgIpc) is 2.20. The van der Waals surface area contributed by atoms with Crippen molar-refractivity contribution in [3.63, 3.8) is 0 Å². The maximum Gasteiger partial charge on any atom is 0.217 e. The molecule has 4 atom stereocenters. The summed E-state index contributed by atoms with van der Waals surface area (Å²) in [7, 11) is 1.67. The molecule has 1 aliphatic heterocycles. The predicted molar refractivity (Wildman–Crippen MR) is 53.0 cm³/mol. The summed E-state index contributed by atoms with van der Waals surface area (Å²) in [5.41, 5.74) is 0. The maximum absolute atomic E-state index is 10.9. The number of hydrogen-bond acceptors (Lipinski definition) is 5. The van der Waals surface area contributed by atoms with Gasteiger partial charge in [0.1, 0.15) is 6.23 Å². The van der Waals surface area contributed by atoms with Gasteiger partial charge in [-0.3, -0.25) is 10.1 Å². The molecule has 1 saturated heterocycles. The summed E-state index contributed by atoms with van der Waals surface area (Å²) < 4.78 is 5.43. The summed E-state index contributed by atoms with van der Waals surface area (Å²) in [5, 5.41) is 24.2. The first-order valence-corrected chi connectivity index (χ1v) is 4.97. The number of hydrogen-bond donors (Lipinski definition) is 4. The molecule has 0 aliphatic carbocycles. The molecule has 0 bridgehead atoms. The third-order valence-electron chi connectivity index (χ3n) is 2.44.